The zero-order valence-corrected chi connectivity index (χ0v) is 26.0. The molecule has 1 N–H and O–H groups in total. The highest BCUT2D eigenvalue weighted by Crippen LogP contribution is 2.41. The van der Waals surface area contributed by atoms with Crippen molar-refractivity contribution in [2.75, 3.05) is 25.7 Å². The molecule has 3 heterocycles. The molecule has 0 bridgehead atoms. The van der Waals surface area contributed by atoms with Crippen LogP contribution in [0, 0.1) is 18.8 Å². The van der Waals surface area contributed by atoms with E-state index in [4.69, 9.17) is 28.8 Å². The van der Waals surface area contributed by atoms with Gasteiger partial charge in [-0.2, -0.15) is 0 Å². The minimum absolute atomic E-state index is 0.0275. The summed E-state index contributed by atoms with van der Waals surface area (Å²) in [6.07, 6.45) is 12.3. The van der Waals surface area contributed by atoms with Crippen LogP contribution in [0.5, 0.6) is 5.75 Å². The van der Waals surface area contributed by atoms with Gasteiger partial charge in [-0.25, -0.2) is 14.8 Å². The number of alkyl carbamates (subject to hydrolysis) is 1. The topological polar surface area (TPSA) is 120 Å². The molecule has 0 aliphatic heterocycles. The summed E-state index contributed by atoms with van der Waals surface area (Å²) in [6, 6.07) is 8.04. The van der Waals surface area contributed by atoms with Crippen LogP contribution in [-0.2, 0) is 9.53 Å². The zero-order valence-electron chi connectivity index (χ0n) is 26.0. The number of anilines is 1. The number of methoxy groups -OCH3 is 2. The van der Waals surface area contributed by atoms with Gasteiger partial charge in [0.25, 0.3) is 0 Å². The second-order valence-electron chi connectivity index (χ2n) is 12.6. The first-order valence-corrected chi connectivity index (χ1v) is 16.0. The number of nitrogens with one attached hydrogen (secondary N) is 1. The first-order chi connectivity index (χ1) is 21.4. The first kappa shape index (κ1) is 30.1. The monoisotopic (exact) mass is 601 g/mol. The predicted molar refractivity (Wildman–Crippen MR) is 166 cm³/mol. The minimum atomic E-state index is -0.421. The van der Waals surface area contributed by atoms with Gasteiger partial charge >= 0.3 is 6.09 Å². The number of amides is 2. The molecule has 10 heteroatoms. The molecule has 234 valence electrons. The van der Waals surface area contributed by atoms with E-state index in [1.807, 2.05) is 30.0 Å². The number of pyridine rings is 2. The number of oxazole rings is 1. The summed E-state index contributed by atoms with van der Waals surface area (Å²) in [5.74, 6) is 3.47. The number of aryl methyl sites for hydroxylation is 1. The first-order valence-electron chi connectivity index (χ1n) is 16.0. The van der Waals surface area contributed by atoms with Crippen LogP contribution in [0.1, 0.15) is 93.3 Å². The van der Waals surface area contributed by atoms with E-state index in [9.17, 15) is 9.59 Å². The van der Waals surface area contributed by atoms with Crippen molar-refractivity contribution in [3.8, 4) is 17.0 Å². The molecule has 0 radical (unpaired) electrons. The Balaban J connectivity index is 1.17. The van der Waals surface area contributed by atoms with Crippen LogP contribution in [0.25, 0.3) is 11.3 Å². The van der Waals surface area contributed by atoms with Crippen LogP contribution >= 0.6 is 0 Å². The highest BCUT2D eigenvalue weighted by Gasteiger charge is 2.34. The molecule has 0 aromatic carbocycles. The highest BCUT2D eigenvalue weighted by molar-refractivity contribution is 5.94. The minimum Gasteiger partial charge on any atom is -0.495 e. The number of hydrogen-bond donors (Lipinski definition) is 1. The van der Waals surface area contributed by atoms with Crippen LogP contribution in [0.3, 0.4) is 0 Å². The fourth-order valence-electron chi connectivity index (χ4n) is 6.80. The van der Waals surface area contributed by atoms with Crippen molar-refractivity contribution in [1.82, 2.24) is 20.3 Å². The van der Waals surface area contributed by atoms with Gasteiger partial charge in [-0.05, 0) is 101 Å². The van der Waals surface area contributed by atoms with Gasteiger partial charge < -0.3 is 19.2 Å². The van der Waals surface area contributed by atoms with E-state index in [0.29, 0.717) is 43.0 Å². The Morgan fingerprint density at radius 2 is 1.70 bits per heavy atom. The van der Waals surface area contributed by atoms with E-state index in [-0.39, 0.29) is 17.9 Å². The van der Waals surface area contributed by atoms with Gasteiger partial charge in [0.15, 0.2) is 5.89 Å². The Kier molecular flexibility index (Phi) is 9.14. The molecule has 3 aliphatic rings. The second kappa shape index (κ2) is 13.4. The Labute approximate surface area is 259 Å². The average Bonchev–Trinajstić information content (AvgIpc) is 3.79. The van der Waals surface area contributed by atoms with Crippen LogP contribution in [-0.4, -0.2) is 53.8 Å². The molecule has 10 nitrogen and oxygen atoms in total. The van der Waals surface area contributed by atoms with Gasteiger partial charge in [0, 0.05) is 47.8 Å². The third-order valence-electron chi connectivity index (χ3n) is 9.60. The predicted octanol–water partition coefficient (Wildman–Crippen LogP) is 6.55. The molecule has 44 heavy (non-hydrogen) atoms. The summed E-state index contributed by atoms with van der Waals surface area (Å²) < 4.78 is 15.9. The molecule has 3 saturated carbocycles. The van der Waals surface area contributed by atoms with Crippen LogP contribution in [0.4, 0.5) is 10.6 Å². The SMILES string of the molecule is COC(=O)N[C@H]1CC[C@H](C(=O)N(C[C@H]2CC[C@H](c3ccc(OC)c(C)n3)CC2)c2cc(-c3coc(C4CC4)n3)ccn2)CC1. The van der Waals surface area contributed by atoms with Gasteiger partial charge in [0.2, 0.25) is 5.91 Å². The van der Waals surface area contributed by atoms with Crippen LogP contribution in [0.2, 0.25) is 0 Å². The molecule has 3 aliphatic carbocycles. The summed E-state index contributed by atoms with van der Waals surface area (Å²) in [4.78, 5) is 42.1. The maximum absolute atomic E-state index is 14.2. The summed E-state index contributed by atoms with van der Waals surface area (Å²) in [5.41, 5.74) is 3.72. The van der Waals surface area contributed by atoms with E-state index in [1.54, 1.807) is 19.6 Å². The molecular formula is C34H43N5O5. The fourth-order valence-corrected chi connectivity index (χ4v) is 6.80. The summed E-state index contributed by atoms with van der Waals surface area (Å²) in [6.45, 7) is 2.62. The molecule has 3 aromatic heterocycles. The molecular weight excluding hydrogens is 558 g/mol. The molecule has 6 rings (SSSR count). The molecule has 0 atom stereocenters. The van der Waals surface area contributed by atoms with Crippen molar-refractivity contribution < 1.29 is 23.5 Å². The van der Waals surface area contributed by atoms with Gasteiger partial charge in [-0.1, -0.05) is 0 Å². The quantitative estimate of drug-likeness (QED) is 0.293. The lowest BCUT2D eigenvalue weighted by molar-refractivity contribution is -0.123. The van der Waals surface area contributed by atoms with Crippen molar-refractivity contribution in [2.45, 2.75) is 89.0 Å². The number of carbonyl (C=O) groups is 2. The van der Waals surface area contributed by atoms with Gasteiger partial charge in [-0.3, -0.25) is 14.7 Å². The number of ether oxygens (including phenoxy) is 2. The van der Waals surface area contributed by atoms with Gasteiger partial charge in [0.1, 0.15) is 23.5 Å². The highest BCUT2D eigenvalue weighted by atomic mass is 16.5. The Bertz CT molecular complexity index is 1450. The summed E-state index contributed by atoms with van der Waals surface area (Å²) in [5, 5.41) is 2.90. The number of nitrogens with zero attached hydrogens (tertiary/aromatic N) is 4. The average molecular weight is 602 g/mol. The largest absolute Gasteiger partial charge is 0.495 e. The van der Waals surface area contributed by atoms with Crippen LogP contribution in [0.15, 0.2) is 41.1 Å². The number of rotatable bonds is 9. The lowest BCUT2D eigenvalue weighted by Crippen LogP contribution is -2.44. The van der Waals surface area contributed by atoms with Crippen LogP contribution < -0.4 is 15.0 Å². The van der Waals surface area contributed by atoms with E-state index in [0.717, 1.165) is 85.7 Å². The van der Waals surface area contributed by atoms with E-state index in [2.05, 4.69) is 11.4 Å². The standard InChI is InChI=1S/C34H43N5O5/c1-21-30(42-2)15-14-28(36-21)23-6-4-22(5-7-23)19-39(33(40)25-10-12-27(13-11-25)37-34(41)43-3)31-18-26(16-17-35-31)29-20-44-32(38-29)24-8-9-24/h14-18,20,22-25,27H,4-13,19H2,1-3H3,(H,37,41)/t22-,23-,25-,27-. The molecule has 0 spiro atoms. The zero-order chi connectivity index (χ0) is 30.6. The lowest BCUT2D eigenvalue weighted by Gasteiger charge is -2.35. The van der Waals surface area contributed by atoms with Gasteiger partial charge in [-0.15, -0.1) is 0 Å². The Morgan fingerprint density at radius 1 is 0.955 bits per heavy atom. The number of carbonyl (C=O) groups excluding carboxylic acids is 2. The lowest BCUT2D eigenvalue weighted by atomic mass is 9.79. The van der Waals surface area contributed by atoms with Crippen molar-refractivity contribution >= 4 is 17.8 Å². The van der Waals surface area contributed by atoms with Crippen molar-refractivity contribution in [1.29, 1.82) is 0 Å². The summed E-state index contributed by atoms with van der Waals surface area (Å²) in [7, 11) is 3.05. The Hall–Kier alpha value is -3.95. The third kappa shape index (κ3) is 6.89. The third-order valence-corrected chi connectivity index (χ3v) is 9.60. The van der Waals surface area contributed by atoms with Crippen molar-refractivity contribution in [3.63, 3.8) is 0 Å². The molecule has 0 unspecified atom stereocenters. The van der Waals surface area contributed by atoms with E-state index < -0.39 is 6.09 Å². The van der Waals surface area contributed by atoms with Crippen molar-refractivity contribution in [2.24, 2.45) is 11.8 Å². The molecule has 3 fully saturated rings. The van der Waals surface area contributed by atoms with Gasteiger partial charge in [0.05, 0.1) is 19.9 Å². The van der Waals surface area contributed by atoms with Crippen molar-refractivity contribution in [3.05, 3.63) is 54.0 Å². The molecule has 3 aromatic rings. The number of aromatic nitrogens is 3. The maximum atomic E-state index is 14.2. The molecule has 0 saturated heterocycles. The maximum Gasteiger partial charge on any atom is 0.407 e. The second-order valence-corrected chi connectivity index (χ2v) is 12.6. The normalized spacial score (nSPS) is 23.5. The Morgan fingerprint density at radius 3 is 2.39 bits per heavy atom. The summed E-state index contributed by atoms with van der Waals surface area (Å²) >= 11 is 0. The smallest absolute Gasteiger partial charge is 0.407 e. The van der Waals surface area contributed by atoms with E-state index >= 15 is 0 Å². The van der Waals surface area contributed by atoms with E-state index in [1.165, 1.54) is 7.11 Å². The molecule has 2 amide bonds. The fraction of sp³-hybridized carbons (Fsp3) is 0.559. The number of hydrogen-bond acceptors (Lipinski definition) is 8.